The topological polar surface area (TPSA) is 72.7 Å². The summed E-state index contributed by atoms with van der Waals surface area (Å²) in [6, 6.07) is 1.55. The van der Waals surface area contributed by atoms with Crippen LogP contribution in [0.15, 0.2) is 29.5 Å². The molecule has 2 rings (SSSR count). The number of hydrogen-bond acceptors (Lipinski definition) is 5. The van der Waals surface area contributed by atoms with Crippen molar-refractivity contribution < 1.29 is 0 Å². The Bertz CT molecular complexity index is 591. The Labute approximate surface area is 111 Å². The van der Waals surface area contributed by atoms with E-state index in [1.807, 2.05) is 6.92 Å². The molecule has 0 atom stereocenters. The van der Waals surface area contributed by atoms with E-state index in [1.165, 1.54) is 4.68 Å². The summed E-state index contributed by atoms with van der Waals surface area (Å²) in [6.07, 6.45) is 6.02. The van der Waals surface area contributed by atoms with Gasteiger partial charge in [0, 0.05) is 12.6 Å². The minimum Gasteiger partial charge on any atom is -0.369 e. The minimum atomic E-state index is -0.130. The lowest BCUT2D eigenvalue weighted by Crippen LogP contribution is -2.23. The molecular weight excluding hydrogens is 242 g/mol. The number of aromatic nitrogens is 4. The molecule has 100 valence electrons. The first-order valence-corrected chi connectivity index (χ1v) is 6.27. The van der Waals surface area contributed by atoms with Gasteiger partial charge >= 0.3 is 0 Å². The predicted octanol–water partition coefficient (Wildman–Crippen LogP) is 1.21. The highest BCUT2D eigenvalue weighted by molar-refractivity contribution is 5.30. The Morgan fingerprint density at radius 2 is 2.11 bits per heavy atom. The number of nitrogens with one attached hydrogen (secondary N) is 1. The Morgan fingerprint density at radius 3 is 2.74 bits per heavy atom. The number of aryl methyl sites for hydroxylation is 1. The van der Waals surface area contributed by atoms with E-state index in [-0.39, 0.29) is 5.56 Å². The predicted molar refractivity (Wildman–Crippen MR) is 73.1 cm³/mol. The highest BCUT2D eigenvalue weighted by Crippen LogP contribution is 2.02. The van der Waals surface area contributed by atoms with Gasteiger partial charge in [0.05, 0.1) is 30.8 Å². The van der Waals surface area contributed by atoms with Crippen LogP contribution >= 0.6 is 0 Å². The summed E-state index contributed by atoms with van der Waals surface area (Å²) in [5.41, 5.74) is 1.43. The van der Waals surface area contributed by atoms with Crippen molar-refractivity contribution in [2.24, 2.45) is 0 Å². The smallest absolute Gasteiger partial charge is 0.267 e. The first kappa shape index (κ1) is 13.2. The van der Waals surface area contributed by atoms with Crippen molar-refractivity contribution in [1.29, 1.82) is 0 Å². The van der Waals surface area contributed by atoms with Crippen LogP contribution < -0.4 is 10.9 Å². The Hall–Kier alpha value is -2.24. The van der Waals surface area contributed by atoms with Crippen LogP contribution in [0.2, 0.25) is 0 Å². The fraction of sp³-hybridized carbons (Fsp3) is 0.385. The van der Waals surface area contributed by atoms with Gasteiger partial charge < -0.3 is 5.32 Å². The molecule has 0 saturated heterocycles. The van der Waals surface area contributed by atoms with Crippen LogP contribution in [0, 0.1) is 6.92 Å². The zero-order valence-electron chi connectivity index (χ0n) is 11.1. The molecule has 0 aliphatic heterocycles. The first-order chi connectivity index (χ1) is 9.19. The lowest BCUT2D eigenvalue weighted by Gasteiger charge is -2.06. The van der Waals surface area contributed by atoms with E-state index in [0.717, 1.165) is 24.3 Å². The molecule has 0 saturated carbocycles. The van der Waals surface area contributed by atoms with Gasteiger partial charge in [0.1, 0.15) is 5.82 Å². The zero-order valence-corrected chi connectivity index (χ0v) is 11.1. The maximum atomic E-state index is 11.7. The van der Waals surface area contributed by atoms with Crippen molar-refractivity contribution in [2.75, 3.05) is 11.9 Å². The summed E-state index contributed by atoms with van der Waals surface area (Å²) in [5, 5.41) is 7.21. The van der Waals surface area contributed by atoms with E-state index >= 15 is 0 Å². The van der Waals surface area contributed by atoms with Gasteiger partial charge in [0.15, 0.2) is 0 Å². The maximum Gasteiger partial charge on any atom is 0.267 e. The van der Waals surface area contributed by atoms with E-state index in [2.05, 4.69) is 27.3 Å². The van der Waals surface area contributed by atoms with Crippen molar-refractivity contribution in [3.05, 3.63) is 46.3 Å². The van der Waals surface area contributed by atoms with E-state index < -0.39 is 0 Å². The molecule has 0 aliphatic rings. The Balaban J connectivity index is 2.08. The van der Waals surface area contributed by atoms with Crippen molar-refractivity contribution in [3.8, 4) is 0 Å². The quantitative estimate of drug-likeness (QED) is 0.873. The van der Waals surface area contributed by atoms with Crippen LogP contribution in [0.3, 0.4) is 0 Å². The molecule has 0 bridgehead atoms. The second-order valence-corrected chi connectivity index (χ2v) is 4.35. The zero-order chi connectivity index (χ0) is 13.7. The molecule has 0 aromatic carbocycles. The summed E-state index contributed by atoms with van der Waals surface area (Å²) in [6.45, 7) is 5.13. The van der Waals surface area contributed by atoms with Crippen LogP contribution in [0.4, 0.5) is 5.82 Å². The third-order valence-corrected chi connectivity index (χ3v) is 2.58. The second-order valence-electron chi connectivity index (χ2n) is 4.35. The number of rotatable bonds is 5. The molecule has 0 amide bonds. The largest absolute Gasteiger partial charge is 0.369 e. The molecule has 0 unspecified atom stereocenters. The second kappa shape index (κ2) is 6.08. The van der Waals surface area contributed by atoms with Crippen LogP contribution in [-0.2, 0) is 6.54 Å². The van der Waals surface area contributed by atoms with E-state index in [4.69, 9.17) is 0 Å². The van der Waals surface area contributed by atoms with Crippen LogP contribution in [0.25, 0.3) is 0 Å². The highest BCUT2D eigenvalue weighted by atomic mass is 16.1. The van der Waals surface area contributed by atoms with Gasteiger partial charge in [-0.15, -0.1) is 0 Å². The average Bonchev–Trinajstić information content (AvgIpc) is 2.41. The molecule has 0 radical (unpaired) electrons. The number of anilines is 1. The molecule has 0 fully saturated rings. The van der Waals surface area contributed by atoms with Gasteiger partial charge in [0.2, 0.25) is 0 Å². The summed E-state index contributed by atoms with van der Waals surface area (Å²) >= 11 is 0. The Kier molecular flexibility index (Phi) is 4.22. The summed E-state index contributed by atoms with van der Waals surface area (Å²) in [5.74, 6) is 0.745. The van der Waals surface area contributed by atoms with E-state index in [0.29, 0.717) is 12.2 Å². The standard InChI is InChI=1S/C13H17N5O/c1-3-4-14-12-8-15-11(7-16-12)9-18-13(19)5-10(2)6-17-18/h5-8H,3-4,9H2,1-2H3,(H,14,16). The average molecular weight is 259 g/mol. The Morgan fingerprint density at radius 1 is 1.26 bits per heavy atom. The van der Waals surface area contributed by atoms with Crippen molar-refractivity contribution in [2.45, 2.75) is 26.8 Å². The van der Waals surface area contributed by atoms with Crippen LogP contribution in [0.5, 0.6) is 0 Å². The third-order valence-electron chi connectivity index (χ3n) is 2.58. The molecule has 0 spiro atoms. The number of nitrogens with zero attached hydrogens (tertiary/aromatic N) is 4. The van der Waals surface area contributed by atoms with Gasteiger partial charge in [-0.2, -0.15) is 5.10 Å². The van der Waals surface area contributed by atoms with Gasteiger partial charge in [-0.3, -0.25) is 9.78 Å². The SMILES string of the molecule is CCCNc1cnc(Cn2ncc(C)cc2=O)cn1. The molecule has 2 aromatic rings. The normalized spacial score (nSPS) is 10.4. The fourth-order valence-electron chi connectivity index (χ4n) is 1.58. The summed E-state index contributed by atoms with van der Waals surface area (Å²) < 4.78 is 1.37. The summed E-state index contributed by atoms with van der Waals surface area (Å²) in [4.78, 5) is 20.2. The first-order valence-electron chi connectivity index (χ1n) is 6.27. The minimum absolute atomic E-state index is 0.130. The lowest BCUT2D eigenvalue weighted by atomic mass is 10.3. The number of hydrogen-bond donors (Lipinski definition) is 1. The molecule has 6 nitrogen and oxygen atoms in total. The molecule has 2 aromatic heterocycles. The monoisotopic (exact) mass is 259 g/mol. The van der Waals surface area contributed by atoms with Crippen molar-refractivity contribution >= 4 is 5.82 Å². The molecular formula is C13H17N5O. The lowest BCUT2D eigenvalue weighted by molar-refractivity contribution is 0.623. The molecule has 0 aliphatic carbocycles. The maximum absolute atomic E-state index is 11.7. The van der Waals surface area contributed by atoms with Gasteiger partial charge in [-0.25, -0.2) is 9.67 Å². The third kappa shape index (κ3) is 3.61. The molecule has 2 heterocycles. The molecule has 1 N–H and O–H groups in total. The van der Waals surface area contributed by atoms with Gasteiger partial charge in [0.25, 0.3) is 5.56 Å². The van der Waals surface area contributed by atoms with E-state index in [1.54, 1.807) is 24.7 Å². The van der Waals surface area contributed by atoms with E-state index in [9.17, 15) is 4.79 Å². The van der Waals surface area contributed by atoms with Crippen molar-refractivity contribution in [1.82, 2.24) is 19.7 Å². The van der Waals surface area contributed by atoms with Gasteiger partial charge in [-0.05, 0) is 18.9 Å². The summed E-state index contributed by atoms with van der Waals surface area (Å²) in [7, 11) is 0. The fourth-order valence-corrected chi connectivity index (χ4v) is 1.58. The van der Waals surface area contributed by atoms with Crippen LogP contribution in [-0.4, -0.2) is 26.3 Å². The van der Waals surface area contributed by atoms with Crippen LogP contribution in [0.1, 0.15) is 24.6 Å². The highest BCUT2D eigenvalue weighted by Gasteiger charge is 2.02. The van der Waals surface area contributed by atoms with Crippen molar-refractivity contribution in [3.63, 3.8) is 0 Å². The van der Waals surface area contributed by atoms with Gasteiger partial charge in [-0.1, -0.05) is 6.92 Å². The molecule has 19 heavy (non-hydrogen) atoms. The molecule has 6 heteroatoms.